The first-order chi connectivity index (χ1) is 8.54. The highest BCUT2D eigenvalue weighted by Crippen LogP contribution is 2.29. The summed E-state index contributed by atoms with van der Waals surface area (Å²) in [6, 6.07) is 5.28. The van der Waals surface area contributed by atoms with Crippen LogP contribution in [0, 0.1) is 0 Å². The zero-order valence-electron chi connectivity index (χ0n) is 10.3. The first-order valence-electron chi connectivity index (χ1n) is 5.96. The van der Waals surface area contributed by atoms with Gasteiger partial charge in [-0.2, -0.15) is 0 Å². The van der Waals surface area contributed by atoms with Crippen molar-refractivity contribution in [2.75, 3.05) is 18.0 Å². The number of nitrogens with zero attached hydrogens (tertiary/aromatic N) is 1. The van der Waals surface area contributed by atoms with Gasteiger partial charge in [-0.05, 0) is 24.6 Å². The number of carbonyl (C=O) groups is 1. The molecule has 100 valence electrons. The quantitative estimate of drug-likeness (QED) is 0.822. The lowest BCUT2D eigenvalue weighted by Gasteiger charge is -2.25. The number of aliphatic carboxylic acids is 1. The predicted molar refractivity (Wildman–Crippen MR) is 75.8 cm³/mol. The topological polar surface area (TPSA) is 40.5 Å². The van der Waals surface area contributed by atoms with Crippen molar-refractivity contribution in [1.82, 2.24) is 0 Å². The molecule has 0 bridgehead atoms. The van der Waals surface area contributed by atoms with E-state index in [4.69, 9.17) is 28.3 Å². The van der Waals surface area contributed by atoms with E-state index in [1.807, 2.05) is 11.0 Å². The first kappa shape index (κ1) is 15.1. The third-order valence-corrected chi connectivity index (χ3v) is 3.17. The van der Waals surface area contributed by atoms with Crippen LogP contribution >= 0.6 is 23.2 Å². The Morgan fingerprint density at radius 3 is 2.61 bits per heavy atom. The SMILES string of the molecule is CCCCN(CCC(=O)O)c1ccc(Cl)cc1Cl. The molecule has 0 radical (unpaired) electrons. The zero-order valence-corrected chi connectivity index (χ0v) is 11.8. The highest BCUT2D eigenvalue weighted by atomic mass is 35.5. The Labute approximate surface area is 117 Å². The molecule has 0 amide bonds. The Morgan fingerprint density at radius 1 is 1.33 bits per heavy atom. The van der Waals surface area contributed by atoms with E-state index in [2.05, 4.69) is 6.92 Å². The summed E-state index contributed by atoms with van der Waals surface area (Å²) in [5.41, 5.74) is 0.843. The van der Waals surface area contributed by atoms with Crippen LogP contribution in [0.25, 0.3) is 0 Å². The maximum Gasteiger partial charge on any atom is 0.305 e. The highest BCUT2D eigenvalue weighted by Gasteiger charge is 2.11. The van der Waals surface area contributed by atoms with Crippen LogP contribution in [0.3, 0.4) is 0 Å². The lowest BCUT2D eigenvalue weighted by atomic mass is 10.2. The number of hydrogen-bond acceptors (Lipinski definition) is 2. The first-order valence-corrected chi connectivity index (χ1v) is 6.72. The van der Waals surface area contributed by atoms with E-state index in [0.717, 1.165) is 25.1 Å². The summed E-state index contributed by atoms with van der Waals surface area (Å²) in [6.45, 7) is 3.35. The molecule has 0 saturated heterocycles. The van der Waals surface area contributed by atoms with Crippen molar-refractivity contribution in [3.8, 4) is 0 Å². The number of hydrogen-bond donors (Lipinski definition) is 1. The molecule has 0 aliphatic heterocycles. The molecule has 0 fully saturated rings. The third kappa shape index (κ3) is 4.75. The Morgan fingerprint density at radius 2 is 2.06 bits per heavy atom. The monoisotopic (exact) mass is 289 g/mol. The van der Waals surface area contributed by atoms with Gasteiger partial charge in [0.2, 0.25) is 0 Å². The van der Waals surface area contributed by atoms with Gasteiger partial charge < -0.3 is 10.0 Å². The van der Waals surface area contributed by atoms with Crippen LogP contribution in [0.1, 0.15) is 26.2 Å². The molecule has 0 aliphatic rings. The standard InChI is InChI=1S/C13H17Cl2NO2/c1-2-3-7-16(8-6-13(17)18)12-5-4-10(14)9-11(12)15/h4-5,9H,2-3,6-8H2,1H3,(H,17,18). The van der Waals surface area contributed by atoms with Gasteiger partial charge in [0.15, 0.2) is 0 Å². The van der Waals surface area contributed by atoms with Crippen LogP contribution in [0.5, 0.6) is 0 Å². The molecule has 0 atom stereocenters. The summed E-state index contributed by atoms with van der Waals surface area (Å²) in [5, 5.41) is 9.91. The minimum atomic E-state index is -0.804. The Bertz CT molecular complexity index is 410. The molecular weight excluding hydrogens is 273 g/mol. The van der Waals surface area contributed by atoms with Gasteiger partial charge >= 0.3 is 5.97 Å². The third-order valence-electron chi connectivity index (χ3n) is 2.63. The molecule has 0 heterocycles. The highest BCUT2D eigenvalue weighted by molar-refractivity contribution is 6.36. The fraction of sp³-hybridized carbons (Fsp3) is 0.462. The van der Waals surface area contributed by atoms with Crippen LogP contribution in [0.2, 0.25) is 10.0 Å². The van der Waals surface area contributed by atoms with Crippen LogP contribution in [-0.2, 0) is 4.79 Å². The second-order valence-electron chi connectivity index (χ2n) is 4.08. The fourth-order valence-electron chi connectivity index (χ4n) is 1.67. The van der Waals surface area contributed by atoms with E-state index in [0.29, 0.717) is 16.6 Å². The number of carboxylic acids is 1. The van der Waals surface area contributed by atoms with Crippen molar-refractivity contribution in [1.29, 1.82) is 0 Å². The molecule has 18 heavy (non-hydrogen) atoms. The zero-order chi connectivity index (χ0) is 13.5. The second kappa shape index (κ2) is 7.49. The molecule has 0 unspecified atom stereocenters. The van der Waals surface area contributed by atoms with E-state index >= 15 is 0 Å². The maximum atomic E-state index is 10.7. The number of halogens is 2. The van der Waals surface area contributed by atoms with Gasteiger partial charge in [0, 0.05) is 18.1 Å². The molecule has 0 aliphatic carbocycles. The number of unbranched alkanes of at least 4 members (excludes halogenated alkanes) is 1. The van der Waals surface area contributed by atoms with Gasteiger partial charge in [0.1, 0.15) is 0 Å². The van der Waals surface area contributed by atoms with Crippen LogP contribution in [0.4, 0.5) is 5.69 Å². The largest absolute Gasteiger partial charge is 0.481 e. The van der Waals surface area contributed by atoms with Gasteiger partial charge in [-0.15, -0.1) is 0 Å². The summed E-state index contributed by atoms with van der Waals surface area (Å²) in [7, 11) is 0. The van der Waals surface area contributed by atoms with E-state index in [9.17, 15) is 4.79 Å². The Hall–Kier alpha value is -0.930. The average Bonchev–Trinajstić information content (AvgIpc) is 2.30. The molecule has 1 aromatic rings. The Balaban J connectivity index is 2.82. The second-order valence-corrected chi connectivity index (χ2v) is 4.92. The van der Waals surface area contributed by atoms with E-state index in [1.54, 1.807) is 12.1 Å². The smallest absolute Gasteiger partial charge is 0.305 e. The molecule has 1 aromatic carbocycles. The molecule has 1 N–H and O–H groups in total. The number of benzene rings is 1. The predicted octanol–water partition coefficient (Wildman–Crippen LogP) is 4.07. The molecule has 1 rings (SSSR count). The van der Waals surface area contributed by atoms with E-state index in [-0.39, 0.29) is 6.42 Å². The van der Waals surface area contributed by atoms with E-state index in [1.165, 1.54) is 0 Å². The van der Waals surface area contributed by atoms with Crippen molar-refractivity contribution in [2.24, 2.45) is 0 Å². The minimum absolute atomic E-state index is 0.0999. The average molecular weight is 290 g/mol. The van der Waals surface area contributed by atoms with Gasteiger partial charge in [-0.25, -0.2) is 0 Å². The summed E-state index contributed by atoms with van der Waals surface area (Å²) < 4.78 is 0. The van der Waals surface area contributed by atoms with Crippen molar-refractivity contribution in [3.63, 3.8) is 0 Å². The summed E-state index contributed by atoms with van der Waals surface area (Å²) >= 11 is 12.0. The fourth-order valence-corrected chi connectivity index (χ4v) is 2.20. The minimum Gasteiger partial charge on any atom is -0.481 e. The van der Waals surface area contributed by atoms with Gasteiger partial charge in [-0.1, -0.05) is 36.5 Å². The molecular formula is C13H17Cl2NO2. The Kier molecular flexibility index (Phi) is 6.30. The normalized spacial score (nSPS) is 10.4. The van der Waals surface area contributed by atoms with E-state index < -0.39 is 5.97 Å². The number of carboxylic acid groups (broad SMARTS) is 1. The molecule has 0 saturated carbocycles. The summed E-state index contributed by atoms with van der Waals surface area (Å²) in [4.78, 5) is 12.7. The van der Waals surface area contributed by atoms with Crippen LogP contribution in [-0.4, -0.2) is 24.2 Å². The molecule has 0 spiro atoms. The van der Waals surface area contributed by atoms with Crippen molar-refractivity contribution < 1.29 is 9.90 Å². The number of rotatable bonds is 7. The van der Waals surface area contributed by atoms with Crippen LogP contribution in [0.15, 0.2) is 18.2 Å². The molecule has 0 aromatic heterocycles. The van der Waals surface area contributed by atoms with Crippen molar-refractivity contribution >= 4 is 34.9 Å². The van der Waals surface area contributed by atoms with Gasteiger partial charge in [0.05, 0.1) is 17.1 Å². The molecule has 5 heteroatoms. The maximum absolute atomic E-state index is 10.7. The molecule has 3 nitrogen and oxygen atoms in total. The lowest BCUT2D eigenvalue weighted by molar-refractivity contribution is -0.136. The van der Waals surface area contributed by atoms with Gasteiger partial charge in [0.25, 0.3) is 0 Å². The van der Waals surface area contributed by atoms with Crippen LogP contribution < -0.4 is 4.90 Å². The van der Waals surface area contributed by atoms with Gasteiger partial charge in [-0.3, -0.25) is 4.79 Å². The summed E-state index contributed by atoms with van der Waals surface area (Å²) in [6.07, 6.45) is 2.15. The lowest BCUT2D eigenvalue weighted by Crippen LogP contribution is -2.27. The number of anilines is 1. The summed E-state index contributed by atoms with van der Waals surface area (Å²) in [5.74, 6) is -0.804. The van der Waals surface area contributed by atoms with Crippen molar-refractivity contribution in [2.45, 2.75) is 26.2 Å². The van der Waals surface area contributed by atoms with Crippen molar-refractivity contribution in [3.05, 3.63) is 28.2 Å².